The third-order valence-electron chi connectivity index (χ3n) is 9.03. The van der Waals surface area contributed by atoms with Gasteiger partial charge in [-0.3, -0.25) is 0 Å². The van der Waals surface area contributed by atoms with Gasteiger partial charge in [-0.15, -0.1) is 0 Å². The molecule has 0 unspecified atom stereocenters. The molecule has 216 valence electrons. The Morgan fingerprint density at radius 3 is 1.59 bits per heavy atom. The summed E-state index contributed by atoms with van der Waals surface area (Å²) in [6.07, 6.45) is 0. The maximum Gasteiger partial charge on any atom is 0.123 e. The summed E-state index contributed by atoms with van der Waals surface area (Å²) in [6, 6.07) is 48.3. The zero-order chi connectivity index (χ0) is 30.4. The van der Waals surface area contributed by atoms with E-state index in [0.29, 0.717) is 0 Å². The molecule has 0 heterocycles. The summed E-state index contributed by atoms with van der Waals surface area (Å²) in [5, 5.41) is 0. The van der Waals surface area contributed by atoms with Gasteiger partial charge in [0, 0.05) is 40.9 Å². The van der Waals surface area contributed by atoms with Crippen LogP contribution in [0.2, 0.25) is 0 Å². The van der Waals surface area contributed by atoms with Gasteiger partial charge in [0.05, 0.1) is 0 Å². The van der Waals surface area contributed by atoms with Crippen LogP contribution in [0.25, 0.3) is 22.3 Å². The standard InChI is InChI=1S/C41H35FN2/c1-28-10-12-29(13-11-28)30-14-18-34(19-15-30)44(33-8-6-5-7-9-33)36-23-25-38-37-24-22-35(26-39(37)41(2,3)40(38)27-36)43(4)32-20-16-31(42)17-21-32/h5-27H,1-4H3. The van der Waals surface area contributed by atoms with E-state index in [9.17, 15) is 4.39 Å². The lowest BCUT2D eigenvalue weighted by atomic mass is 9.82. The minimum Gasteiger partial charge on any atom is -0.345 e. The maximum atomic E-state index is 13.6. The molecular weight excluding hydrogens is 539 g/mol. The summed E-state index contributed by atoms with van der Waals surface area (Å²) < 4.78 is 13.6. The van der Waals surface area contributed by atoms with E-state index >= 15 is 0 Å². The Morgan fingerprint density at radius 1 is 0.500 bits per heavy atom. The van der Waals surface area contributed by atoms with Crippen LogP contribution in [0.4, 0.5) is 32.8 Å². The van der Waals surface area contributed by atoms with E-state index in [2.05, 4.69) is 146 Å². The predicted molar refractivity (Wildman–Crippen MR) is 183 cm³/mol. The average molecular weight is 575 g/mol. The lowest BCUT2D eigenvalue weighted by molar-refractivity contribution is 0.628. The molecule has 6 aromatic carbocycles. The second kappa shape index (κ2) is 10.8. The summed E-state index contributed by atoms with van der Waals surface area (Å²) in [5.74, 6) is -0.227. The fraction of sp³-hybridized carbons (Fsp3) is 0.122. The number of para-hydroxylation sites is 1. The lowest BCUT2D eigenvalue weighted by Gasteiger charge is -2.28. The highest BCUT2D eigenvalue weighted by molar-refractivity contribution is 5.87. The van der Waals surface area contributed by atoms with Gasteiger partial charge in [-0.1, -0.05) is 86.1 Å². The highest BCUT2D eigenvalue weighted by Gasteiger charge is 2.36. The second-order valence-corrected chi connectivity index (χ2v) is 12.2. The summed E-state index contributed by atoms with van der Waals surface area (Å²) in [5.41, 5.74) is 14.0. The molecule has 0 bridgehead atoms. The molecule has 0 radical (unpaired) electrons. The van der Waals surface area contributed by atoms with Crippen molar-refractivity contribution < 1.29 is 4.39 Å². The van der Waals surface area contributed by atoms with Crippen molar-refractivity contribution in [2.45, 2.75) is 26.2 Å². The highest BCUT2D eigenvalue weighted by Crippen LogP contribution is 2.51. The Morgan fingerprint density at radius 2 is 0.977 bits per heavy atom. The summed E-state index contributed by atoms with van der Waals surface area (Å²) in [6.45, 7) is 6.74. The molecule has 0 amide bonds. The number of aryl methyl sites for hydroxylation is 1. The first kappa shape index (κ1) is 27.7. The monoisotopic (exact) mass is 574 g/mol. The molecule has 0 atom stereocenters. The smallest absolute Gasteiger partial charge is 0.123 e. The molecule has 0 aromatic heterocycles. The van der Waals surface area contributed by atoms with Crippen LogP contribution in [-0.2, 0) is 5.41 Å². The summed E-state index contributed by atoms with van der Waals surface area (Å²) in [4.78, 5) is 4.45. The topological polar surface area (TPSA) is 6.48 Å². The van der Waals surface area contributed by atoms with Crippen molar-refractivity contribution in [2.24, 2.45) is 0 Å². The lowest BCUT2D eigenvalue weighted by Crippen LogP contribution is -2.17. The van der Waals surface area contributed by atoms with Gasteiger partial charge in [0.1, 0.15) is 5.82 Å². The van der Waals surface area contributed by atoms with Crippen LogP contribution in [0.3, 0.4) is 0 Å². The van der Waals surface area contributed by atoms with E-state index in [0.717, 1.165) is 28.4 Å². The SMILES string of the molecule is Cc1ccc(-c2ccc(N(c3ccccc3)c3ccc4c(c3)C(C)(C)c3cc(N(C)c5ccc(F)cc5)ccc3-4)cc2)cc1. The van der Waals surface area contributed by atoms with Gasteiger partial charge in [-0.05, 0) is 113 Å². The van der Waals surface area contributed by atoms with Crippen LogP contribution < -0.4 is 9.80 Å². The Bertz CT molecular complexity index is 1940. The molecular formula is C41H35FN2. The zero-order valence-corrected chi connectivity index (χ0v) is 25.6. The minimum atomic E-state index is -0.227. The van der Waals surface area contributed by atoms with Gasteiger partial charge in [0.25, 0.3) is 0 Å². The molecule has 1 aliphatic rings. The predicted octanol–water partition coefficient (Wildman–Crippen LogP) is 11.3. The van der Waals surface area contributed by atoms with Crippen LogP contribution in [0.1, 0.15) is 30.5 Å². The largest absolute Gasteiger partial charge is 0.345 e. The molecule has 0 saturated heterocycles. The van der Waals surface area contributed by atoms with Gasteiger partial charge in [-0.2, -0.15) is 0 Å². The first-order valence-electron chi connectivity index (χ1n) is 15.1. The fourth-order valence-electron chi connectivity index (χ4n) is 6.45. The molecule has 0 fully saturated rings. The molecule has 2 nitrogen and oxygen atoms in total. The van der Waals surface area contributed by atoms with Crippen molar-refractivity contribution in [1.82, 2.24) is 0 Å². The van der Waals surface area contributed by atoms with Crippen molar-refractivity contribution >= 4 is 28.4 Å². The van der Waals surface area contributed by atoms with Crippen LogP contribution in [0.5, 0.6) is 0 Å². The van der Waals surface area contributed by atoms with Gasteiger partial charge >= 0.3 is 0 Å². The molecule has 0 saturated carbocycles. The van der Waals surface area contributed by atoms with Crippen LogP contribution >= 0.6 is 0 Å². The van der Waals surface area contributed by atoms with Crippen molar-refractivity contribution in [3.05, 3.63) is 162 Å². The molecule has 0 N–H and O–H groups in total. The molecule has 44 heavy (non-hydrogen) atoms. The highest BCUT2D eigenvalue weighted by atomic mass is 19.1. The third-order valence-corrected chi connectivity index (χ3v) is 9.03. The zero-order valence-electron chi connectivity index (χ0n) is 25.6. The molecule has 3 heteroatoms. The number of nitrogens with zero attached hydrogens (tertiary/aromatic N) is 2. The molecule has 0 aliphatic heterocycles. The van der Waals surface area contributed by atoms with E-state index in [1.165, 1.54) is 51.1 Å². The maximum absolute atomic E-state index is 13.6. The number of halogens is 1. The minimum absolute atomic E-state index is 0.196. The van der Waals surface area contributed by atoms with Gasteiger partial charge in [0.15, 0.2) is 0 Å². The van der Waals surface area contributed by atoms with E-state index in [1.54, 1.807) is 0 Å². The molecule has 6 aromatic rings. The first-order valence-corrected chi connectivity index (χ1v) is 15.1. The van der Waals surface area contributed by atoms with Crippen LogP contribution in [-0.4, -0.2) is 7.05 Å². The summed E-state index contributed by atoms with van der Waals surface area (Å²) >= 11 is 0. The number of anilines is 5. The normalized spacial score (nSPS) is 12.8. The first-order chi connectivity index (χ1) is 21.3. The van der Waals surface area contributed by atoms with E-state index in [1.807, 2.05) is 19.2 Å². The fourth-order valence-corrected chi connectivity index (χ4v) is 6.45. The van der Waals surface area contributed by atoms with Crippen molar-refractivity contribution in [1.29, 1.82) is 0 Å². The Kier molecular flexibility index (Phi) is 6.82. The number of hydrogen-bond acceptors (Lipinski definition) is 2. The van der Waals surface area contributed by atoms with E-state index in [4.69, 9.17) is 0 Å². The quantitative estimate of drug-likeness (QED) is 0.195. The van der Waals surface area contributed by atoms with Crippen LogP contribution in [0, 0.1) is 12.7 Å². The van der Waals surface area contributed by atoms with E-state index < -0.39 is 0 Å². The Balaban J connectivity index is 1.27. The van der Waals surface area contributed by atoms with Gasteiger partial charge in [-0.25, -0.2) is 4.39 Å². The van der Waals surface area contributed by atoms with Crippen molar-refractivity contribution in [2.75, 3.05) is 16.8 Å². The number of hydrogen-bond donors (Lipinski definition) is 0. The Hall–Kier alpha value is -5.15. The summed E-state index contributed by atoms with van der Waals surface area (Å²) in [7, 11) is 2.03. The van der Waals surface area contributed by atoms with Crippen molar-refractivity contribution in [3.63, 3.8) is 0 Å². The van der Waals surface area contributed by atoms with Gasteiger partial charge < -0.3 is 9.80 Å². The molecule has 0 spiro atoms. The number of fused-ring (bicyclic) bond motifs is 3. The van der Waals surface area contributed by atoms with Crippen LogP contribution in [0.15, 0.2) is 140 Å². The Labute approximate surface area is 259 Å². The van der Waals surface area contributed by atoms with Crippen molar-refractivity contribution in [3.8, 4) is 22.3 Å². The average Bonchev–Trinajstić information content (AvgIpc) is 3.28. The molecule has 1 aliphatic carbocycles. The number of rotatable bonds is 6. The third kappa shape index (κ3) is 4.85. The van der Waals surface area contributed by atoms with Gasteiger partial charge in [0.2, 0.25) is 0 Å². The number of benzene rings is 6. The second-order valence-electron chi connectivity index (χ2n) is 12.2. The molecule has 7 rings (SSSR count). The van der Waals surface area contributed by atoms with E-state index in [-0.39, 0.29) is 11.2 Å².